The molecule has 1 heterocycles. The van der Waals surface area contributed by atoms with Gasteiger partial charge in [0.05, 0.1) is 18.2 Å². The van der Waals surface area contributed by atoms with Crippen LogP contribution in [0.25, 0.3) is 0 Å². The maximum atomic E-state index is 11.6. The summed E-state index contributed by atoms with van der Waals surface area (Å²) in [6, 6.07) is 1.79. The first-order chi connectivity index (χ1) is 7.70. The van der Waals surface area contributed by atoms with Crippen LogP contribution in [-0.4, -0.2) is 22.8 Å². The molecule has 0 aliphatic heterocycles. The molecule has 0 unspecified atom stereocenters. The second-order valence-corrected chi connectivity index (χ2v) is 4.22. The Labute approximate surface area is 99.0 Å². The minimum Gasteiger partial charge on any atom is -0.466 e. The minimum atomic E-state index is -0.124. The molecule has 0 saturated carbocycles. The number of aromatic nitrogens is 2. The predicted molar refractivity (Wildman–Crippen MR) is 59.2 cm³/mol. The topological polar surface area (TPSA) is 52.1 Å². The van der Waals surface area contributed by atoms with Crippen LogP contribution in [0.1, 0.15) is 24.6 Å². The van der Waals surface area contributed by atoms with E-state index in [1.807, 2.05) is 6.92 Å². The lowest BCUT2D eigenvalue weighted by molar-refractivity contribution is -0.148. The van der Waals surface area contributed by atoms with E-state index in [0.29, 0.717) is 18.2 Å². The fourth-order valence-electron chi connectivity index (χ4n) is 1.96. The smallest absolute Gasteiger partial charge is 0.309 e. The van der Waals surface area contributed by atoms with E-state index < -0.39 is 0 Å². The van der Waals surface area contributed by atoms with Crippen LogP contribution in [0, 0.1) is 5.92 Å². The first-order valence-electron chi connectivity index (χ1n) is 5.38. The van der Waals surface area contributed by atoms with Gasteiger partial charge in [-0.15, -0.1) is 5.10 Å². The highest BCUT2D eigenvalue weighted by Gasteiger charge is 2.26. The van der Waals surface area contributed by atoms with Gasteiger partial charge in [-0.3, -0.25) is 4.79 Å². The van der Waals surface area contributed by atoms with Crippen LogP contribution in [0.5, 0.6) is 0 Å². The first-order valence-corrected chi connectivity index (χ1v) is 5.76. The van der Waals surface area contributed by atoms with Crippen LogP contribution in [0.2, 0.25) is 5.15 Å². The second kappa shape index (κ2) is 4.78. The Hall–Kier alpha value is -1.16. The lowest BCUT2D eigenvalue weighted by atomic mass is 9.87. The van der Waals surface area contributed by atoms with Gasteiger partial charge >= 0.3 is 5.97 Å². The highest BCUT2D eigenvalue weighted by Crippen LogP contribution is 2.25. The zero-order chi connectivity index (χ0) is 11.5. The van der Waals surface area contributed by atoms with Gasteiger partial charge in [0.1, 0.15) is 0 Å². The van der Waals surface area contributed by atoms with Gasteiger partial charge < -0.3 is 4.74 Å². The second-order valence-electron chi connectivity index (χ2n) is 3.83. The van der Waals surface area contributed by atoms with Gasteiger partial charge in [-0.1, -0.05) is 11.6 Å². The monoisotopic (exact) mass is 240 g/mol. The third kappa shape index (κ3) is 2.32. The van der Waals surface area contributed by atoms with E-state index in [1.54, 1.807) is 6.07 Å². The van der Waals surface area contributed by atoms with Crippen molar-refractivity contribution in [3.63, 3.8) is 0 Å². The number of fused-ring (bicyclic) bond motifs is 1. The summed E-state index contributed by atoms with van der Waals surface area (Å²) in [4.78, 5) is 11.6. The van der Waals surface area contributed by atoms with Crippen LogP contribution in [0.4, 0.5) is 0 Å². The van der Waals surface area contributed by atoms with Crippen molar-refractivity contribution in [1.82, 2.24) is 10.2 Å². The molecule has 1 aromatic heterocycles. The van der Waals surface area contributed by atoms with Crippen LogP contribution >= 0.6 is 11.6 Å². The van der Waals surface area contributed by atoms with Gasteiger partial charge in [0.25, 0.3) is 0 Å². The average molecular weight is 241 g/mol. The van der Waals surface area contributed by atoms with Crippen molar-refractivity contribution < 1.29 is 9.53 Å². The molecule has 0 saturated heterocycles. The third-order valence-electron chi connectivity index (χ3n) is 2.75. The van der Waals surface area contributed by atoms with E-state index in [9.17, 15) is 4.79 Å². The maximum Gasteiger partial charge on any atom is 0.309 e. The molecule has 1 aliphatic rings. The molecule has 86 valence electrons. The number of esters is 1. The van der Waals surface area contributed by atoms with E-state index in [1.165, 1.54) is 0 Å². The van der Waals surface area contributed by atoms with Gasteiger partial charge in [-0.05, 0) is 37.8 Å². The number of carbonyl (C=O) groups excluding carboxylic acids is 1. The number of aryl methyl sites for hydroxylation is 1. The van der Waals surface area contributed by atoms with Crippen molar-refractivity contribution in [3.05, 3.63) is 22.5 Å². The Morgan fingerprint density at radius 3 is 3.19 bits per heavy atom. The number of halogens is 1. The minimum absolute atomic E-state index is 0.0623. The summed E-state index contributed by atoms with van der Waals surface area (Å²) < 4.78 is 5.02. The number of ether oxygens (including phenoxy) is 1. The molecule has 0 aromatic carbocycles. The van der Waals surface area contributed by atoms with E-state index >= 15 is 0 Å². The Morgan fingerprint density at radius 1 is 1.62 bits per heavy atom. The molecular formula is C11H13ClN2O2. The van der Waals surface area contributed by atoms with Gasteiger partial charge in [0, 0.05) is 0 Å². The van der Waals surface area contributed by atoms with Gasteiger partial charge in [0.15, 0.2) is 5.15 Å². The van der Waals surface area contributed by atoms with Crippen molar-refractivity contribution in [1.29, 1.82) is 0 Å². The van der Waals surface area contributed by atoms with Crippen LogP contribution in [-0.2, 0) is 22.4 Å². The molecule has 0 amide bonds. The Morgan fingerprint density at radius 2 is 2.44 bits per heavy atom. The molecule has 0 fully saturated rings. The molecular weight excluding hydrogens is 228 g/mol. The van der Waals surface area contributed by atoms with Crippen molar-refractivity contribution >= 4 is 17.6 Å². The lowest BCUT2D eigenvalue weighted by Crippen LogP contribution is -2.25. The Kier molecular flexibility index (Phi) is 3.39. The molecule has 1 aromatic rings. The number of rotatable bonds is 2. The first kappa shape index (κ1) is 11.3. The molecule has 1 aliphatic carbocycles. The van der Waals surface area contributed by atoms with Crippen LogP contribution in [0.15, 0.2) is 6.07 Å². The Bertz CT molecular complexity index is 409. The summed E-state index contributed by atoms with van der Waals surface area (Å²) in [5.41, 5.74) is 1.97. The fraction of sp³-hybridized carbons (Fsp3) is 0.545. The maximum absolute atomic E-state index is 11.6. The SMILES string of the molecule is CCOC(=O)[C@@H]1CCc2nnc(Cl)cc2C1. The summed E-state index contributed by atoms with van der Waals surface area (Å²) >= 11 is 5.78. The molecule has 0 bridgehead atoms. The van der Waals surface area contributed by atoms with E-state index in [2.05, 4.69) is 10.2 Å². The van der Waals surface area contributed by atoms with Crippen molar-refractivity contribution in [2.75, 3.05) is 6.61 Å². The normalized spacial score (nSPS) is 19.0. The molecule has 0 N–H and O–H groups in total. The highest BCUT2D eigenvalue weighted by molar-refractivity contribution is 6.29. The van der Waals surface area contributed by atoms with Gasteiger partial charge in [0.2, 0.25) is 0 Å². The predicted octanol–water partition coefficient (Wildman–Crippen LogP) is 1.80. The van der Waals surface area contributed by atoms with Crippen LogP contribution in [0.3, 0.4) is 0 Å². The number of carbonyl (C=O) groups is 1. The summed E-state index contributed by atoms with van der Waals surface area (Å²) in [5.74, 6) is -0.186. The van der Waals surface area contributed by atoms with Crippen molar-refractivity contribution in [2.24, 2.45) is 5.92 Å². The summed E-state index contributed by atoms with van der Waals surface area (Å²) in [7, 11) is 0. The van der Waals surface area contributed by atoms with Gasteiger partial charge in [-0.25, -0.2) is 0 Å². The fourth-order valence-corrected chi connectivity index (χ4v) is 2.12. The molecule has 0 spiro atoms. The third-order valence-corrected chi connectivity index (χ3v) is 2.93. The highest BCUT2D eigenvalue weighted by atomic mass is 35.5. The number of nitrogens with zero attached hydrogens (tertiary/aromatic N) is 2. The Balaban J connectivity index is 2.13. The molecule has 2 rings (SSSR count). The summed E-state index contributed by atoms with van der Waals surface area (Å²) in [5, 5.41) is 8.20. The van der Waals surface area contributed by atoms with E-state index in [4.69, 9.17) is 16.3 Å². The standard InChI is InChI=1S/C11H13ClN2O2/c1-2-16-11(15)7-3-4-9-8(5-7)6-10(12)14-13-9/h6-7H,2-5H2,1H3/t7-/m1/s1. The van der Waals surface area contributed by atoms with E-state index in [-0.39, 0.29) is 11.9 Å². The average Bonchev–Trinajstić information content (AvgIpc) is 2.28. The lowest BCUT2D eigenvalue weighted by Gasteiger charge is -2.21. The zero-order valence-electron chi connectivity index (χ0n) is 9.07. The number of hydrogen-bond donors (Lipinski definition) is 0. The zero-order valence-corrected chi connectivity index (χ0v) is 9.83. The van der Waals surface area contributed by atoms with E-state index in [0.717, 1.165) is 24.1 Å². The quantitative estimate of drug-likeness (QED) is 0.740. The molecule has 1 atom stereocenters. The largest absolute Gasteiger partial charge is 0.466 e. The molecule has 0 radical (unpaired) electrons. The van der Waals surface area contributed by atoms with Crippen molar-refractivity contribution in [3.8, 4) is 0 Å². The summed E-state index contributed by atoms with van der Waals surface area (Å²) in [6.45, 7) is 2.24. The summed E-state index contributed by atoms with van der Waals surface area (Å²) in [6.07, 6.45) is 2.20. The molecule has 16 heavy (non-hydrogen) atoms. The number of hydrogen-bond acceptors (Lipinski definition) is 4. The van der Waals surface area contributed by atoms with Gasteiger partial charge in [-0.2, -0.15) is 5.10 Å². The van der Waals surface area contributed by atoms with Crippen molar-refractivity contribution in [2.45, 2.75) is 26.2 Å². The molecule has 4 nitrogen and oxygen atoms in total. The van der Waals surface area contributed by atoms with Crippen LogP contribution < -0.4 is 0 Å². The molecule has 5 heteroatoms.